The van der Waals surface area contributed by atoms with E-state index in [1.54, 1.807) is 25.1 Å². The van der Waals surface area contributed by atoms with Crippen molar-refractivity contribution in [2.45, 2.75) is 13.3 Å². The molecule has 1 aromatic carbocycles. The second kappa shape index (κ2) is 7.02. The van der Waals surface area contributed by atoms with Crippen molar-refractivity contribution in [3.05, 3.63) is 23.8 Å². The summed E-state index contributed by atoms with van der Waals surface area (Å²) in [7, 11) is -1.92. The van der Waals surface area contributed by atoms with Crippen molar-refractivity contribution in [2.75, 3.05) is 24.2 Å². The van der Waals surface area contributed by atoms with Gasteiger partial charge < -0.3 is 9.84 Å². The fourth-order valence-electron chi connectivity index (χ4n) is 1.49. The number of sulfonamides is 1. The topological polar surface area (TPSA) is 75.6 Å². The number of anilines is 1. The molecule has 19 heavy (non-hydrogen) atoms. The molecule has 0 amide bonds. The standard InChI is InChI=1S/C13H17NO4S/c1-3-9-19(16,17)14-12-10-11(5-4-8-15)6-7-13(12)18-2/h6-7,10,14-15H,3,8-9H2,1-2H3. The van der Waals surface area contributed by atoms with Crippen LogP contribution in [0.5, 0.6) is 5.75 Å². The van der Waals surface area contributed by atoms with Gasteiger partial charge in [0, 0.05) is 5.56 Å². The molecule has 0 spiro atoms. The molecular weight excluding hydrogens is 266 g/mol. The van der Waals surface area contributed by atoms with Crippen LogP contribution in [0.3, 0.4) is 0 Å². The molecule has 104 valence electrons. The van der Waals surface area contributed by atoms with Crippen molar-refractivity contribution in [1.82, 2.24) is 0 Å². The number of methoxy groups -OCH3 is 1. The summed E-state index contributed by atoms with van der Waals surface area (Å²) in [4.78, 5) is 0. The zero-order valence-electron chi connectivity index (χ0n) is 10.9. The minimum Gasteiger partial charge on any atom is -0.495 e. The van der Waals surface area contributed by atoms with Crippen molar-refractivity contribution >= 4 is 15.7 Å². The van der Waals surface area contributed by atoms with Gasteiger partial charge in [-0.25, -0.2) is 8.42 Å². The molecule has 0 bridgehead atoms. The number of aliphatic hydroxyl groups excluding tert-OH is 1. The number of nitrogens with one attached hydrogen (secondary N) is 1. The fourth-order valence-corrected chi connectivity index (χ4v) is 2.63. The van der Waals surface area contributed by atoms with E-state index in [1.807, 2.05) is 0 Å². The average Bonchev–Trinajstić information content (AvgIpc) is 2.36. The number of aliphatic hydroxyl groups is 1. The summed E-state index contributed by atoms with van der Waals surface area (Å²) in [6.07, 6.45) is 0.529. The van der Waals surface area contributed by atoms with Crippen LogP contribution in [-0.2, 0) is 10.0 Å². The Labute approximate surface area is 113 Å². The molecule has 0 heterocycles. The van der Waals surface area contributed by atoms with Crippen LogP contribution in [0.4, 0.5) is 5.69 Å². The molecule has 0 fully saturated rings. The first kappa shape index (κ1) is 15.3. The maximum absolute atomic E-state index is 11.8. The Bertz CT molecular complexity index is 584. The van der Waals surface area contributed by atoms with Crippen LogP contribution >= 0.6 is 0 Å². The Hall–Kier alpha value is -1.71. The van der Waals surface area contributed by atoms with Crippen molar-refractivity contribution < 1.29 is 18.3 Å². The van der Waals surface area contributed by atoms with E-state index in [9.17, 15) is 8.42 Å². The van der Waals surface area contributed by atoms with Gasteiger partial charge >= 0.3 is 0 Å². The maximum atomic E-state index is 11.8. The van der Waals surface area contributed by atoms with E-state index in [0.717, 1.165) is 0 Å². The van der Waals surface area contributed by atoms with Gasteiger partial charge in [0.15, 0.2) is 0 Å². The quantitative estimate of drug-likeness (QED) is 0.796. The van der Waals surface area contributed by atoms with Gasteiger partial charge in [0.1, 0.15) is 12.4 Å². The summed E-state index contributed by atoms with van der Waals surface area (Å²) in [5, 5.41) is 8.64. The molecule has 0 aromatic heterocycles. The highest BCUT2D eigenvalue weighted by atomic mass is 32.2. The van der Waals surface area contributed by atoms with E-state index in [2.05, 4.69) is 16.6 Å². The lowest BCUT2D eigenvalue weighted by molar-refractivity contribution is 0.350. The Morgan fingerprint density at radius 1 is 1.42 bits per heavy atom. The second-order valence-electron chi connectivity index (χ2n) is 3.80. The molecule has 0 aliphatic carbocycles. The summed E-state index contributed by atoms with van der Waals surface area (Å²) in [6, 6.07) is 4.90. The second-order valence-corrected chi connectivity index (χ2v) is 5.64. The summed E-state index contributed by atoms with van der Waals surface area (Å²) < 4.78 is 31.1. The summed E-state index contributed by atoms with van der Waals surface area (Å²) in [5.74, 6) is 5.69. The van der Waals surface area contributed by atoms with Gasteiger partial charge in [-0.15, -0.1) is 0 Å². The monoisotopic (exact) mass is 283 g/mol. The lowest BCUT2D eigenvalue weighted by atomic mass is 10.2. The largest absolute Gasteiger partial charge is 0.495 e. The molecule has 0 saturated carbocycles. The molecule has 1 aromatic rings. The van der Waals surface area contributed by atoms with Gasteiger partial charge in [-0.2, -0.15) is 0 Å². The third kappa shape index (κ3) is 4.81. The van der Waals surface area contributed by atoms with Crippen molar-refractivity contribution in [3.8, 4) is 17.6 Å². The molecular formula is C13H17NO4S. The normalized spacial score (nSPS) is 10.5. The molecule has 1 rings (SSSR count). The number of hydrogen-bond donors (Lipinski definition) is 2. The Kier molecular flexibility index (Phi) is 5.67. The lowest BCUT2D eigenvalue weighted by Gasteiger charge is -2.11. The molecule has 0 saturated heterocycles. The van der Waals surface area contributed by atoms with Gasteiger partial charge in [0.05, 0.1) is 18.6 Å². The van der Waals surface area contributed by atoms with Crippen molar-refractivity contribution in [2.24, 2.45) is 0 Å². The van der Waals surface area contributed by atoms with Gasteiger partial charge in [0.2, 0.25) is 10.0 Å². The predicted octanol–water partition coefficient (Wildman–Crippen LogP) is 1.19. The molecule has 0 aliphatic heterocycles. The minimum atomic E-state index is -3.38. The number of ether oxygens (including phenoxy) is 1. The minimum absolute atomic E-state index is 0.0443. The Balaban J connectivity index is 3.09. The highest BCUT2D eigenvalue weighted by Crippen LogP contribution is 2.26. The molecule has 0 unspecified atom stereocenters. The van der Waals surface area contributed by atoms with E-state index >= 15 is 0 Å². The number of rotatable bonds is 5. The van der Waals surface area contributed by atoms with Crippen LogP contribution < -0.4 is 9.46 Å². The Morgan fingerprint density at radius 3 is 2.74 bits per heavy atom. The van der Waals surface area contributed by atoms with Crippen molar-refractivity contribution in [3.63, 3.8) is 0 Å². The highest BCUT2D eigenvalue weighted by Gasteiger charge is 2.12. The fraction of sp³-hybridized carbons (Fsp3) is 0.385. The molecule has 0 aliphatic rings. The smallest absolute Gasteiger partial charge is 0.232 e. The third-order valence-corrected chi connectivity index (χ3v) is 3.73. The van der Waals surface area contributed by atoms with Crippen LogP contribution in [0.25, 0.3) is 0 Å². The lowest BCUT2D eigenvalue weighted by Crippen LogP contribution is -2.16. The first-order valence-electron chi connectivity index (χ1n) is 5.80. The third-order valence-electron chi connectivity index (χ3n) is 2.25. The van der Waals surface area contributed by atoms with Gasteiger partial charge in [-0.3, -0.25) is 4.72 Å². The van der Waals surface area contributed by atoms with Gasteiger partial charge in [-0.1, -0.05) is 18.8 Å². The molecule has 2 N–H and O–H groups in total. The highest BCUT2D eigenvalue weighted by molar-refractivity contribution is 7.92. The molecule has 5 nitrogen and oxygen atoms in total. The predicted molar refractivity (Wildman–Crippen MR) is 74.7 cm³/mol. The zero-order chi connectivity index (χ0) is 14.3. The first-order valence-corrected chi connectivity index (χ1v) is 7.46. The molecule has 0 radical (unpaired) electrons. The van der Waals surface area contributed by atoms with E-state index in [0.29, 0.717) is 23.4 Å². The zero-order valence-corrected chi connectivity index (χ0v) is 11.8. The summed E-state index contributed by atoms with van der Waals surface area (Å²) in [5.41, 5.74) is 0.949. The average molecular weight is 283 g/mol. The van der Waals surface area contributed by atoms with E-state index in [-0.39, 0.29) is 12.4 Å². The first-order chi connectivity index (χ1) is 9.02. The van der Waals surface area contributed by atoms with Crippen LogP contribution in [0.1, 0.15) is 18.9 Å². The van der Waals surface area contributed by atoms with Crippen LogP contribution in [-0.4, -0.2) is 33.0 Å². The Morgan fingerprint density at radius 2 is 2.16 bits per heavy atom. The van der Waals surface area contributed by atoms with E-state index in [1.165, 1.54) is 7.11 Å². The van der Waals surface area contributed by atoms with Crippen LogP contribution in [0, 0.1) is 11.8 Å². The molecule has 0 atom stereocenters. The van der Waals surface area contributed by atoms with Crippen molar-refractivity contribution in [1.29, 1.82) is 0 Å². The molecule has 6 heteroatoms. The van der Waals surface area contributed by atoms with E-state index in [4.69, 9.17) is 9.84 Å². The van der Waals surface area contributed by atoms with Crippen LogP contribution in [0.2, 0.25) is 0 Å². The maximum Gasteiger partial charge on any atom is 0.232 e. The summed E-state index contributed by atoms with van der Waals surface area (Å²) in [6.45, 7) is 1.54. The van der Waals surface area contributed by atoms with Gasteiger partial charge in [-0.05, 0) is 24.6 Å². The van der Waals surface area contributed by atoms with Gasteiger partial charge in [0.25, 0.3) is 0 Å². The number of benzene rings is 1. The SMILES string of the molecule is CCCS(=O)(=O)Nc1cc(C#CCO)ccc1OC. The number of hydrogen-bond acceptors (Lipinski definition) is 4. The van der Waals surface area contributed by atoms with E-state index < -0.39 is 10.0 Å². The van der Waals surface area contributed by atoms with Crippen LogP contribution in [0.15, 0.2) is 18.2 Å². The summed E-state index contributed by atoms with van der Waals surface area (Å²) >= 11 is 0.